The number of aromatic amines is 1. The maximum absolute atomic E-state index is 13.2. The minimum absolute atomic E-state index is 0.0640. The molecule has 1 unspecified atom stereocenters. The van der Waals surface area contributed by atoms with Gasteiger partial charge < -0.3 is 19.5 Å². The number of pyridine rings is 1. The van der Waals surface area contributed by atoms with Crippen molar-refractivity contribution in [3.63, 3.8) is 0 Å². The Morgan fingerprint density at radius 3 is 2.79 bits per heavy atom. The van der Waals surface area contributed by atoms with E-state index in [1.165, 1.54) is 16.6 Å². The van der Waals surface area contributed by atoms with Crippen LogP contribution in [-0.4, -0.2) is 54.1 Å². The SMILES string of the molecule is COc1ccc2[nH]c3c(c2c1)CC(C(=O)N1CCN(c2ccccn2)CC1)CC3. The van der Waals surface area contributed by atoms with Crippen molar-refractivity contribution in [3.05, 3.63) is 53.9 Å². The molecule has 0 bridgehead atoms. The van der Waals surface area contributed by atoms with E-state index in [9.17, 15) is 4.79 Å². The maximum atomic E-state index is 13.2. The number of fused-ring (bicyclic) bond motifs is 3. The summed E-state index contributed by atoms with van der Waals surface area (Å²) in [7, 11) is 1.69. The number of rotatable bonds is 3. The molecule has 1 aromatic carbocycles. The molecule has 3 heterocycles. The molecule has 1 fully saturated rings. The van der Waals surface area contributed by atoms with Crippen LogP contribution in [0.1, 0.15) is 17.7 Å². The van der Waals surface area contributed by atoms with Crippen LogP contribution in [0.4, 0.5) is 5.82 Å². The molecule has 150 valence electrons. The fourth-order valence-corrected chi connectivity index (χ4v) is 4.69. The average Bonchev–Trinajstić information content (AvgIpc) is 3.16. The molecule has 5 rings (SSSR count). The van der Waals surface area contributed by atoms with Gasteiger partial charge in [0.05, 0.1) is 7.11 Å². The normalized spacial score (nSPS) is 19.3. The number of carbonyl (C=O) groups excluding carboxylic acids is 1. The quantitative estimate of drug-likeness (QED) is 0.747. The lowest BCUT2D eigenvalue weighted by molar-refractivity contribution is -0.136. The second-order valence-corrected chi connectivity index (χ2v) is 7.93. The van der Waals surface area contributed by atoms with E-state index in [1.807, 2.05) is 35.4 Å². The predicted molar refractivity (Wildman–Crippen MR) is 113 cm³/mol. The van der Waals surface area contributed by atoms with E-state index < -0.39 is 0 Å². The standard InChI is InChI=1S/C23H26N4O2/c1-29-17-6-8-21-19(15-17)18-14-16(5-7-20(18)25-21)23(28)27-12-10-26(11-13-27)22-4-2-3-9-24-22/h2-4,6,8-9,15-16,25H,5,7,10-14H2,1H3. The zero-order chi connectivity index (χ0) is 19.8. The molecule has 2 aromatic heterocycles. The minimum Gasteiger partial charge on any atom is -0.497 e. The summed E-state index contributed by atoms with van der Waals surface area (Å²) < 4.78 is 5.40. The molecule has 1 amide bonds. The summed E-state index contributed by atoms with van der Waals surface area (Å²) in [6, 6.07) is 12.1. The Morgan fingerprint density at radius 2 is 2.03 bits per heavy atom. The highest BCUT2D eigenvalue weighted by atomic mass is 16.5. The Kier molecular flexibility index (Phi) is 4.62. The van der Waals surface area contributed by atoms with Gasteiger partial charge in [-0.1, -0.05) is 6.07 Å². The van der Waals surface area contributed by atoms with Gasteiger partial charge in [0.15, 0.2) is 0 Å². The number of H-pyrrole nitrogens is 1. The molecule has 6 nitrogen and oxygen atoms in total. The van der Waals surface area contributed by atoms with Crippen LogP contribution in [0.3, 0.4) is 0 Å². The number of nitrogens with one attached hydrogen (secondary N) is 1. The number of aryl methyl sites for hydroxylation is 1. The molecule has 3 aromatic rings. The van der Waals surface area contributed by atoms with Crippen molar-refractivity contribution in [1.82, 2.24) is 14.9 Å². The number of carbonyl (C=O) groups is 1. The molecule has 0 spiro atoms. The van der Waals surface area contributed by atoms with Crippen LogP contribution in [0.5, 0.6) is 5.75 Å². The van der Waals surface area contributed by atoms with Crippen LogP contribution >= 0.6 is 0 Å². The van der Waals surface area contributed by atoms with Gasteiger partial charge in [-0.25, -0.2) is 4.98 Å². The Labute approximate surface area is 170 Å². The van der Waals surface area contributed by atoms with E-state index >= 15 is 0 Å². The van der Waals surface area contributed by atoms with Crippen molar-refractivity contribution in [2.24, 2.45) is 5.92 Å². The van der Waals surface area contributed by atoms with Gasteiger partial charge in [-0.05, 0) is 55.2 Å². The van der Waals surface area contributed by atoms with Crippen molar-refractivity contribution in [3.8, 4) is 5.75 Å². The van der Waals surface area contributed by atoms with E-state index in [1.54, 1.807) is 7.11 Å². The van der Waals surface area contributed by atoms with Gasteiger partial charge in [0.2, 0.25) is 5.91 Å². The van der Waals surface area contributed by atoms with Crippen molar-refractivity contribution >= 4 is 22.6 Å². The molecule has 29 heavy (non-hydrogen) atoms. The zero-order valence-corrected chi connectivity index (χ0v) is 16.7. The van der Waals surface area contributed by atoms with E-state index in [-0.39, 0.29) is 5.92 Å². The summed E-state index contributed by atoms with van der Waals surface area (Å²) in [6.07, 6.45) is 4.47. The van der Waals surface area contributed by atoms with Crippen LogP contribution in [-0.2, 0) is 17.6 Å². The lowest BCUT2D eigenvalue weighted by Gasteiger charge is -2.37. The minimum atomic E-state index is 0.0640. The Bertz CT molecular complexity index is 1020. The second-order valence-electron chi connectivity index (χ2n) is 7.93. The maximum Gasteiger partial charge on any atom is 0.226 e. The average molecular weight is 390 g/mol. The molecular weight excluding hydrogens is 364 g/mol. The van der Waals surface area contributed by atoms with Gasteiger partial charge in [-0.15, -0.1) is 0 Å². The number of benzene rings is 1. The number of anilines is 1. The third-order valence-corrected chi connectivity index (χ3v) is 6.31. The summed E-state index contributed by atoms with van der Waals surface area (Å²) in [5.41, 5.74) is 3.70. The molecule has 1 saturated heterocycles. The number of nitrogens with zero attached hydrogens (tertiary/aromatic N) is 3. The summed E-state index contributed by atoms with van der Waals surface area (Å²) in [6.45, 7) is 3.21. The fourth-order valence-electron chi connectivity index (χ4n) is 4.69. The molecule has 1 N–H and O–H groups in total. The smallest absolute Gasteiger partial charge is 0.226 e. The Hall–Kier alpha value is -3.02. The first-order valence-corrected chi connectivity index (χ1v) is 10.3. The molecule has 2 aliphatic rings. The van der Waals surface area contributed by atoms with E-state index in [0.29, 0.717) is 5.91 Å². The summed E-state index contributed by atoms with van der Waals surface area (Å²) in [4.78, 5) is 25.5. The zero-order valence-electron chi connectivity index (χ0n) is 16.7. The van der Waals surface area contributed by atoms with Gasteiger partial charge >= 0.3 is 0 Å². The van der Waals surface area contributed by atoms with Crippen LogP contribution in [0, 0.1) is 5.92 Å². The first-order valence-electron chi connectivity index (χ1n) is 10.3. The molecular formula is C23H26N4O2. The van der Waals surface area contributed by atoms with Crippen molar-refractivity contribution in [2.75, 3.05) is 38.2 Å². The van der Waals surface area contributed by atoms with Crippen LogP contribution in [0.2, 0.25) is 0 Å². The molecule has 1 aliphatic carbocycles. The highest BCUT2D eigenvalue weighted by Gasteiger charge is 2.32. The Morgan fingerprint density at radius 1 is 1.17 bits per heavy atom. The summed E-state index contributed by atoms with van der Waals surface area (Å²) >= 11 is 0. The molecule has 1 atom stereocenters. The lowest BCUT2D eigenvalue weighted by atomic mass is 9.85. The number of piperazine rings is 1. The van der Waals surface area contributed by atoms with Gasteiger partial charge in [0.25, 0.3) is 0 Å². The van der Waals surface area contributed by atoms with Crippen LogP contribution < -0.4 is 9.64 Å². The first-order chi connectivity index (χ1) is 14.2. The van der Waals surface area contributed by atoms with Crippen LogP contribution in [0.15, 0.2) is 42.6 Å². The van der Waals surface area contributed by atoms with E-state index in [2.05, 4.69) is 27.0 Å². The number of amides is 1. The molecule has 0 radical (unpaired) electrons. The number of hydrogen-bond acceptors (Lipinski definition) is 4. The highest BCUT2D eigenvalue weighted by molar-refractivity contribution is 5.88. The van der Waals surface area contributed by atoms with E-state index in [0.717, 1.165) is 62.5 Å². The summed E-state index contributed by atoms with van der Waals surface area (Å²) in [5.74, 6) is 2.22. The topological polar surface area (TPSA) is 61.5 Å². The number of hydrogen-bond donors (Lipinski definition) is 1. The highest BCUT2D eigenvalue weighted by Crippen LogP contribution is 2.34. The number of methoxy groups -OCH3 is 1. The third kappa shape index (κ3) is 3.33. The van der Waals surface area contributed by atoms with Crippen molar-refractivity contribution < 1.29 is 9.53 Å². The van der Waals surface area contributed by atoms with Gasteiger partial charge in [0, 0.05) is 54.9 Å². The Balaban J connectivity index is 1.29. The largest absolute Gasteiger partial charge is 0.497 e. The number of aromatic nitrogens is 2. The lowest BCUT2D eigenvalue weighted by Crippen LogP contribution is -2.51. The van der Waals surface area contributed by atoms with Gasteiger partial charge in [0.1, 0.15) is 11.6 Å². The van der Waals surface area contributed by atoms with Crippen molar-refractivity contribution in [1.29, 1.82) is 0 Å². The van der Waals surface area contributed by atoms with Gasteiger partial charge in [-0.2, -0.15) is 0 Å². The second kappa shape index (κ2) is 7.43. The number of ether oxygens (including phenoxy) is 1. The van der Waals surface area contributed by atoms with Gasteiger partial charge in [-0.3, -0.25) is 4.79 Å². The van der Waals surface area contributed by atoms with Crippen molar-refractivity contribution in [2.45, 2.75) is 19.3 Å². The summed E-state index contributed by atoms with van der Waals surface area (Å²) in [5, 5.41) is 1.19. The third-order valence-electron chi connectivity index (χ3n) is 6.31. The fraction of sp³-hybridized carbons (Fsp3) is 0.391. The van der Waals surface area contributed by atoms with Crippen LogP contribution in [0.25, 0.3) is 10.9 Å². The van der Waals surface area contributed by atoms with E-state index in [4.69, 9.17) is 4.74 Å². The molecule has 6 heteroatoms. The predicted octanol–water partition coefficient (Wildman–Crippen LogP) is 3.03. The monoisotopic (exact) mass is 390 g/mol. The first kappa shape index (κ1) is 18.0. The molecule has 1 aliphatic heterocycles. The molecule has 0 saturated carbocycles.